The van der Waals surface area contributed by atoms with Crippen LogP contribution in [0, 0.1) is 0 Å². The largest absolute Gasteiger partial charge is 0.476 e. The zero-order chi connectivity index (χ0) is 14.4. The first-order valence-corrected chi connectivity index (χ1v) is 6.55. The van der Waals surface area contributed by atoms with Crippen molar-refractivity contribution in [2.75, 3.05) is 24.3 Å². The molecule has 2 heterocycles. The summed E-state index contributed by atoms with van der Waals surface area (Å²) in [5, 5.41) is 0. The molecule has 0 atom stereocenters. The summed E-state index contributed by atoms with van der Waals surface area (Å²) in [6, 6.07) is 3.91. The quantitative estimate of drug-likeness (QED) is 0.866. The van der Waals surface area contributed by atoms with Crippen molar-refractivity contribution < 1.29 is 4.74 Å². The Bertz CT molecular complexity index is 547. The van der Waals surface area contributed by atoms with Crippen molar-refractivity contribution in [2.24, 2.45) is 0 Å². The number of ether oxygens (including phenoxy) is 1. The highest BCUT2D eigenvalue weighted by atomic mass is 16.5. The number of nitrogens with zero attached hydrogens (tertiary/aromatic N) is 4. The average Bonchev–Trinajstić information content (AvgIpc) is 2.47. The van der Waals surface area contributed by atoms with E-state index in [2.05, 4.69) is 15.0 Å². The number of aromatic nitrogens is 3. The van der Waals surface area contributed by atoms with Crippen LogP contribution in [0.3, 0.4) is 0 Å². The fourth-order valence-electron chi connectivity index (χ4n) is 1.83. The van der Waals surface area contributed by atoms with Crippen LogP contribution in [0.25, 0.3) is 0 Å². The summed E-state index contributed by atoms with van der Waals surface area (Å²) in [7, 11) is 1.93. The van der Waals surface area contributed by atoms with Crippen LogP contribution in [0.4, 0.5) is 11.5 Å². The Morgan fingerprint density at radius 3 is 2.90 bits per heavy atom. The van der Waals surface area contributed by atoms with Crippen molar-refractivity contribution in [3.8, 4) is 5.88 Å². The summed E-state index contributed by atoms with van der Waals surface area (Å²) >= 11 is 0. The topological polar surface area (TPSA) is 77.2 Å². The highest BCUT2D eigenvalue weighted by Gasteiger charge is 2.13. The second-order valence-electron chi connectivity index (χ2n) is 4.48. The van der Waals surface area contributed by atoms with Crippen molar-refractivity contribution in [1.29, 1.82) is 0 Å². The third-order valence-electron chi connectivity index (χ3n) is 2.77. The fourth-order valence-corrected chi connectivity index (χ4v) is 1.83. The van der Waals surface area contributed by atoms with Crippen LogP contribution in [-0.2, 0) is 6.54 Å². The third kappa shape index (κ3) is 3.34. The molecule has 2 aromatic rings. The van der Waals surface area contributed by atoms with Gasteiger partial charge < -0.3 is 15.4 Å². The fraction of sp³-hybridized carbons (Fsp3) is 0.357. The van der Waals surface area contributed by atoms with Gasteiger partial charge in [0.05, 0.1) is 6.61 Å². The van der Waals surface area contributed by atoms with Crippen LogP contribution < -0.4 is 15.4 Å². The lowest BCUT2D eigenvalue weighted by Gasteiger charge is -2.20. The molecule has 2 aromatic heterocycles. The Kier molecular flexibility index (Phi) is 4.70. The molecule has 6 heteroatoms. The lowest BCUT2D eigenvalue weighted by atomic mass is 10.2. The van der Waals surface area contributed by atoms with Gasteiger partial charge in [-0.3, -0.25) is 4.98 Å². The summed E-state index contributed by atoms with van der Waals surface area (Å²) in [5.74, 6) is 1.10. The summed E-state index contributed by atoms with van der Waals surface area (Å²) in [4.78, 5) is 14.3. The third-order valence-corrected chi connectivity index (χ3v) is 2.77. The number of nitrogen functional groups attached to an aromatic ring is 1. The minimum atomic E-state index is 0.440. The molecule has 0 radical (unpaired) electrons. The zero-order valence-corrected chi connectivity index (χ0v) is 11.8. The van der Waals surface area contributed by atoms with Gasteiger partial charge in [-0.2, -0.15) is 4.98 Å². The van der Waals surface area contributed by atoms with E-state index < -0.39 is 0 Å². The molecule has 0 fully saturated rings. The molecule has 106 valence electrons. The van der Waals surface area contributed by atoms with Crippen LogP contribution >= 0.6 is 0 Å². The second-order valence-corrected chi connectivity index (χ2v) is 4.48. The minimum Gasteiger partial charge on any atom is -0.476 e. The Hall–Kier alpha value is -2.37. The molecule has 0 amide bonds. The monoisotopic (exact) mass is 273 g/mol. The first-order valence-electron chi connectivity index (χ1n) is 6.55. The molecule has 0 aliphatic rings. The summed E-state index contributed by atoms with van der Waals surface area (Å²) in [6.45, 7) is 3.29. The Morgan fingerprint density at radius 2 is 2.20 bits per heavy atom. The summed E-state index contributed by atoms with van der Waals surface area (Å²) < 4.78 is 5.51. The first kappa shape index (κ1) is 14.0. The molecule has 0 aliphatic carbocycles. The molecule has 2 rings (SSSR count). The first-order chi connectivity index (χ1) is 9.72. The lowest BCUT2D eigenvalue weighted by Crippen LogP contribution is -2.20. The standard InChI is InChI=1S/C14H19N5O/c1-3-7-20-14-12(15)13(17-10-18-14)19(2)9-11-5-4-6-16-8-11/h4-6,8,10H,3,7,9,15H2,1-2H3. The molecule has 0 saturated heterocycles. The Balaban J connectivity index is 2.15. The molecule has 0 bridgehead atoms. The number of anilines is 2. The van der Waals surface area contributed by atoms with E-state index in [1.807, 2.05) is 37.2 Å². The SMILES string of the molecule is CCCOc1ncnc(N(C)Cc2cccnc2)c1N. The van der Waals surface area contributed by atoms with Crippen molar-refractivity contribution >= 4 is 11.5 Å². The van der Waals surface area contributed by atoms with E-state index in [9.17, 15) is 0 Å². The molecule has 0 saturated carbocycles. The summed E-state index contributed by atoms with van der Waals surface area (Å²) in [6.07, 6.45) is 5.95. The van der Waals surface area contributed by atoms with Crippen LogP contribution in [0.2, 0.25) is 0 Å². The van der Waals surface area contributed by atoms with E-state index >= 15 is 0 Å². The molecule has 2 N–H and O–H groups in total. The van der Waals surface area contributed by atoms with E-state index in [1.165, 1.54) is 6.33 Å². The van der Waals surface area contributed by atoms with Gasteiger partial charge in [0.1, 0.15) is 12.0 Å². The van der Waals surface area contributed by atoms with Crippen molar-refractivity contribution in [3.63, 3.8) is 0 Å². The minimum absolute atomic E-state index is 0.440. The zero-order valence-electron chi connectivity index (χ0n) is 11.8. The van der Waals surface area contributed by atoms with E-state index in [0.29, 0.717) is 30.5 Å². The van der Waals surface area contributed by atoms with Crippen LogP contribution in [0.15, 0.2) is 30.9 Å². The lowest BCUT2D eigenvalue weighted by molar-refractivity contribution is 0.306. The van der Waals surface area contributed by atoms with E-state index in [1.54, 1.807) is 6.20 Å². The van der Waals surface area contributed by atoms with Gasteiger partial charge in [-0.05, 0) is 18.1 Å². The van der Waals surface area contributed by atoms with Gasteiger partial charge in [-0.25, -0.2) is 4.98 Å². The van der Waals surface area contributed by atoms with Gasteiger partial charge >= 0.3 is 0 Å². The normalized spacial score (nSPS) is 10.3. The Morgan fingerprint density at radius 1 is 1.35 bits per heavy atom. The maximum absolute atomic E-state index is 6.07. The van der Waals surface area contributed by atoms with Crippen molar-refractivity contribution in [2.45, 2.75) is 19.9 Å². The highest BCUT2D eigenvalue weighted by Crippen LogP contribution is 2.27. The van der Waals surface area contributed by atoms with Crippen molar-refractivity contribution in [1.82, 2.24) is 15.0 Å². The average molecular weight is 273 g/mol. The molecular formula is C14H19N5O. The molecule has 20 heavy (non-hydrogen) atoms. The van der Waals surface area contributed by atoms with E-state index in [4.69, 9.17) is 10.5 Å². The molecular weight excluding hydrogens is 254 g/mol. The number of hydrogen-bond acceptors (Lipinski definition) is 6. The van der Waals surface area contributed by atoms with Gasteiger partial charge in [0, 0.05) is 26.0 Å². The van der Waals surface area contributed by atoms with Crippen LogP contribution in [0.5, 0.6) is 5.88 Å². The number of nitrogens with two attached hydrogens (primary N) is 1. The van der Waals surface area contributed by atoms with Gasteiger partial charge in [0.25, 0.3) is 0 Å². The summed E-state index contributed by atoms with van der Waals surface area (Å²) in [5.41, 5.74) is 7.62. The molecule has 0 spiro atoms. The molecule has 6 nitrogen and oxygen atoms in total. The smallest absolute Gasteiger partial charge is 0.242 e. The maximum atomic E-state index is 6.07. The van der Waals surface area contributed by atoms with Crippen LogP contribution in [0.1, 0.15) is 18.9 Å². The molecule has 0 unspecified atom stereocenters. The number of pyridine rings is 1. The maximum Gasteiger partial charge on any atom is 0.242 e. The molecule has 0 aliphatic heterocycles. The van der Waals surface area contributed by atoms with Gasteiger partial charge in [-0.15, -0.1) is 0 Å². The van der Waals surface area contributed by atoms with E-state index in [-0.39, 0.29) is 0 Å². The van der Waals surface area contributed by atoms with Gasteiger partial charge in [0.15, 0.2) is 5.82 Å². The molecule has 0 aromatic carbocycles. The number of hydrogen-bond donors (Lipinski definition) is 1. The van der Waals surface area contributed by atoms with Gasteiger partial charge in [0.2, 0.25) is 5.88 Å². The Labute approximate surface area is 118 Å². The second kappa shape index (κ2) is 6.70. The number of rotatable bonds is 6. The van der Waals surface area contributed by atoms with Crippen molar-refractivity contribution in [3.05, 3.63) is 36.4 Å². The predicted molar refractivity (Wildman–Crippen MR) is 78.6 cm³/mol. The van der Waals surface area contributed by atoms with E-state index in [0.717, 1.165) is 12.0 Å². The predicted octanol–water partition coefficient (Wildman–Crippen LogP) is 1.88. The van der Waals surface area contributed by atoms with Gasteiger partial charge in [-0.1, -0.05) is 13.0 Å². The van der Waals surface area contributed by atoms with Crippen LogP contribution in [-0.4, -0.2) is 28.6 Å². The highest BCUT2D eigenvalue weighted by molar-refractivity contribution is 5.67.